The van der Waals surface area contributed by atoms with E-state index in [1.54, 1.807) is 11.1 Å². The molecule has 1 aromatic heterocycles. The van der Waals surface area contributed by atoms with Crippen molar-refractivity contribution in [2.45, 2.75) is 44.8 Å². The molecule has 142 valence electrons. The number of carbonyl (C=O) groups is 2. The van der Waals surface area contributed by atoms with Crippen LogP contribution in [0.4, 0.5) is 4.79 Å². The third kappa shape index (κ3) is 3.86. The van der Waals surface area contributed by atoms with E-state index in [1.165, 1.54) is 0 Å². The zero-order chi connectivity index (χ0) is 19.2. The third-order valence-electron chi connectivity index (χ3n) is 4.69. The Labute approximate surface area is 160 Å². The Morgan fingerprint density at radius 3 is 2.46 bits per heavy atom. The summed E-state index contributed by atoms with van der Waals surface area (Å²) in [5.74, 6) is -1.01. The number of hydrogen-bond donors (Lipinski definition) is 1. The zero-order valence-corrected chi connectivity index (χ0v) is 16.7. The van der Waals surface area contributed by atoms with E-state index in [9.17, 15) is 9.59 Å². The molecule has 0 atom stereocenters. The molecule has 8 heteroatoms. The molecule has 1 amide bonds. The highest BCUT2D eigenvalue weighted by Crippen LogP contribution is 2.60. The molecule has 0 aromatic carbocycles. The van der Waals surface area contributed by atoms with Gasteiger partial charge in [0.15, 0.2) is 0 Å². The van der Waals surface area contributed by atoms with Gasteiger partial charge in [0.05, 0.1) is 5.69 Å². The maximum atomic E-state index is 12.1. The number of nitrogens with zero attached hydrogens (tertiary/aromatic N) is 2. The number of ether oxygens (including phenoxy) is 2. The number of carboxylic acids is 1. The molecule has 2 heterocycles. The Balaban J connectivity index is 1.66. The summed E-state index contributed by atoms with van der Waals surface area (Å²) in [5, 5.41) is 8.99. The van der Waals surface area contributed by atoms with Crippen LogP contribution in [0.5, 0.6) is 0 Å². The number of hydrogen-bond acceptors (Lipinski definition) is 5. The number of likely N-dealkylation sites (tertiary alicyclic amines) is 1. The predicted octanol–water partition coefficient (Wildman–Crippen LogP) is 3.17. The van der Waals surface area contributed by atoms with Crippen molar-refractivity contribution in [1.29, 1.82) is 0 Å². The lowest BCUT2D eigenvalue weighted by atomic mass is 9.54. The van der Waals surface area contributed by atoms with Crippen LogP contribution in [0.2, 0.25) is 0 Å². The zero-order valence-electron chi connectivity index (χ0n) is 15.1. The lowest BCUT2D eigenvalue weighted by Gasteiger charge is -2.63. The van der Waals surface area contributed by atoms with Gasteiger partial charge in [0, 0.05) is 29.2 Å². The van der Waals surface area contributed by atoms with Gasteiger partial charge in [-0.2, -0.15) is 0 Å². The topological polar surface area (TPSA) is 89.0 Å². The summed E-state index contributed by atoms with van der Waals surface area (Å²) in [6.07, 6.45) is 2.65. The smallest absolute Gasteiger partial charge is 0.410 e. The summed E-state index contributed by atoms with van der Waals surface area (Å²) < 4.78 is 12.0. The van der Waals surface area contributed by atoms with Crippen molar-refractivity contribution in [1.82, 2.24) is 9.88 Å². The molecule has 1 saturated carbocycles. The van der Waals surface area contributed by atoms with E-state index < -0.39 is 17.2 Å². The molecule has 1 N–H and O–H groups in total. The van der Waals surface area contributed by atoms with Gasteiger partial charge >= 0.3 is 12.1 Å². The van der Waals surface area contributed by atoms with E-state index in [1.807, 2.05) is 32.9 Å². The Bertz CT molecular complexity index is 699. The molecule has 1 aliphatic carbocycles. The van der Waals surface area contributed by atoms with Gasteiger partial charge in [-0.1, -0.05) is 0 Å². The molecular weight excluding hydrogens is 404 g/mol. The van der Waals surface area contributed by atoms with Crippen LogP contribution in [0.15, 0.2) is 22.8 Å². The highest BCUT2D eigenvalue weighted by Gasteiger charge is 2.63. The number of halogens is 1. The Hall–Kier alpha value is -1.67. The molecule has 0 radical (unpaired) electrons. The van der Waals surface area contributed by atoms with E-state index in [2.05, 4.69) is 20.9 Å². The predicted molar refractivity (Wildman–Crippen MR) is 96.7 cm³/mol. The minimum Gasteiger partial charge on any atom is -0.480 e. The summed E-state index contributed by atoms with van der Waals surface area (Å²) in [7, 11) is 0. The molecule has 2 fully saturated rings. The first-order valence-corrected chi connectivity index (χ1v) is 9.28. The van der Waals surface area contributed by atoms with Crippen LogP contribution in [-0.2, 0) is 19.9 Å². The summed E-state index contributed by atoms with van der Waals surface area (Å²) in [6.45, 7) is 6.34. The van der Waals surface area contributed by atoms with E-state index in [0.29, 0.717) is 25.9 Å². The van der Waals surface area contributed by atoms with Crippen molar-refractivity contribution >= 4 is 28.0 Å². The van der Waals surface area contributed by atoms with E-state index >= 15 is 0 Å². The second kappa shape index (κ2) is 6.49. The molecule has 1 aliphatic heterocycles. The fourth-order valence-corrected chi connectivity index (χ4v) is 4.04. The molecule has 0 unspecified atom stereocenters. The minimum absolute atomic E-state index is 0.0514. The number of carboxylic acid groups (broad SMARTS) is 1. The average Bonchev–Trinajstić information content (AvgIpc) is 2.43. The Kier molecular flexibility index (Phi) is 4.77. The van der Waals surface area contributed by atoms with Crippen LogP contribution in [0.3, 0.4) is 0 Å². The van der Waals surface area contributed by atoms with Crippen LogP contribution in [0.1, 0.15) is 39.3 Å². The van der Waals surface area contributed by atoms with Crippen molar-refractivity contribution in [2.24, 2.45) is 5.41 Å². The van der Waals surface area contributed by atoms with Gasteiger partial charge in [-0.15, -0.1) is 0 Å². The van der Waals surface area contributed by atoms with Gasteiger partial charge in [0.25, 0.3) is 0 Å². The van der Waals surface area contributed by atoms with Crippen LogP contribution in [-0.4, -0.2) is 52.4 Å². The molecule has 7 nitrogen and oxygen atoms in total. The van der Waals surface area contributed by atoms with E-state index in [4.69, 9.17) is 14.6 Å². The molecule has 26 heavy (non-hydrogen) atoms. The fourth-order valence-electron chi connectivity index (χ4n) is 3.80. The number of aliphatic carboxylic acids is 1. The van der Waals surface area contributed by atoms with Crippen molar-refractivity contribution in [3.8, 4) is 0 Å². The number of carbonyl (C=O) groups excluding carboxylic acids is 1. The Morgan fingerprint density at radius 1 is 1.31 bits per heavy atom. The first kappa shape index (κ1) is 19.1. The molecule has 1 saturated heterocycles. The van der Waals surface area contributed by atoms with Gasteiger partial charge in [-0.3, -0.25) is 4.98 Å². The molecular formula is C18H23BrN2O5. The summed E-state index contributed by atoms with van der Waals surface area (Å²) in [6, 6.07) is 3.72. The molecule has 0 bridgehead atoms. The quantitative estimate of drug-likeness (QED) is 0.794. The van der Waals surface area contributed by atoms with E-state index in [0.717, 1.165) is 10.2 Å². The second-order valence-corrected chi connectivity index (χ2v) is 9.14. The number of aromatic nitrogens is 1. The van der Waals surface area contributed by atoms with Crippen LogP contribution in [0.25, 0.3) is 0 Å². The lowest BCUT2D eigenvalue weighted by Crippen LogP contribution is -2.69. The normalized spacial score (nSPS) is 20.2. The number of pyridine rings is 1. The highest BCUT2D eigenvalue weighted by molar-refractivity contribution is 9.10. The van der Waals surface area contributed by atoms with Crippen LogP contribution < -0.4 is 0 Å². The lowest BCUT2D eigenvalue weighted by molar-refractivity contribution is -0.222. The number of amides is 1. The maximum absolute atomic E-state index is 12.1. The van der Waals surface area contributed by atoms with Gasteiger partial charge in [0.1, 0.15) is 17.8 Å². The minimum atomic E-state index is -1.01. The van der Waals surface area contributed by atoms with Gasteiger partial charge in [-0.25, -0.2) is 9.59 Å². The van der Waals surface area contributed by atoms with Crippen LogP contribution >= 0.6 is 15.9 Å². The standard InChI is InChI=1S/C18H23BrN2O5/c1-16(2,3)26-15(24)21-10-17(11-21)8-18(9-17,25-7-14(22)23)13-5-4-12(19)6-20-13/h4-6H,7-11H2,1-3H3,(H,22,23). The largest absolute Gasteiger partial charge is 0.480 e. The SMILES string of the molecule is CC(C)(C)OC(=O)N1CC2(C1)CC(OCC(=O)O)(c1ccc(Br)cn1)C2. The van der Waals surface area contributed by atoms with Crippen molar-refractivity contribution in [3.05, 3.63) is 28.5 Å². The molecule has 1 aromatic rings. The van der Waals surface area contributed by atoms with E-state index in [-0.39, 0.29) is 18.1 Å². The molecule has 3 rings (SSSR count). The first-order chi connectivity index (χ1) is 12.0. The monoisotopic (exact) mass is 426 g/mol. The maximum Gasteiger partial charge on any atom is 0.410 e. The Morgan fingerprint density at radius 2 is 1.96 bits per heavy atom. The van der Waals surface area contributed by atoms with Crippen LogP contribution in [0, 0.1) is 5.41 Å². The first-order valence-electron chi connectivity index (χ1n) is 8.48. The van der Waals surface area contributed by atoms with Gasteiger partial charge < -0.3 is 19.5 Å². The van der Waals surface area contributed by atoms with Crippen molar-refractivity contribution in [3.63, 3.8) is 0 Å². The summed E-state index contributed by atoms with van der Waals surface area (Å²) in [4.78, 5) is 29.2. The molecule has 2 aliphatic rings. The summed E-state index contributed by atoms with van der Waals surface area (Å²) >= 11 is 3.35. The van der Waals surface area contributed by atoms with Gasteiger partial charge in [0.2, 0.25) is 0 Å². The van der Waals surface area contributed by atoms with Crippen molar-refractivity contribution in [2.75, 3.05) is 19.7 Å². The average molecular weight is 427 g/mol. The second-order valence-electron chi connectivity index (χ2n) is 8.23. The fraction of sp³-hybridized carbons (Fsp3) is 0.611. The molecule has 1 spiro atoms. The summed E-state index contributed by atoms with van der Waals surface area (Å²) in [5.41, 5.74) is -0.554. The van der Waals surface area contributed by atoms with Crippen molar-refractivity contribution < 1.29 is 24.2 Å². The highest BCUT2D eigenvalue weighted by atomic mass is 79.9. The number of rotatable bonds is 4. The van der Waals surface area contributed by atoms with Gasteiger partial charge in [-0.05, 0) is 61.7 Å². The third-order valence-corrected chi connectivity index (χ3v) is 5.16.